The van der Waals surface area contributed by atoms with Crippen LogP contribution in [0.5, 0.6) is 5.75 Å². The van der Waals surface area contributed by atoms with Crippen molar-refractivity contribution in [3.8, 4) is 5.75 Å². The normalized spacial score (nSPS) is 20.5. The highest BCUT2D eigenvalue weighted by Gasteiger charge is 2.50. The Morgan fingerprint density at radius 1 is 1.24 bits per heavy atom. The molecule has 0 spiro atoms. The third-order valence-electron chi connectivity index (χ3n) is 6.19. The van der Waals surface area contributed by atoms with Gasteiger partial charge in [0.05, 0.1) is 12.9 Å². The number of urea groups is 1. The quantitative estimate of drug-likeness (QED) is 0.479. The van der Waals surface area contributed by atoms with Gasteiger partial charge >= 0.3 is 6.03 Å². The predicted octanol–water partition coefficient (Wildman–Crippen LogP) is -1.16. The number of hydrogen-bond acceptors (Lipinski definition) is 7. The molecule has 13 heteroatoms. The molecular formula is C21H27N6O6S+. The second-order valence-electron chi connectivity index (χ2n) is 8.30. The summed E-state index contributed by atoms with van der Waals surface area (Å²) in [5.41, 5.74) is 2.00. The van der Waals surface area contributed by atoms with E-state index in [1.807, 2.05) is 18.2 Å². The van der Waals surface area contributed by atoms with Crippen LogP contribution in [0.25, 0.3) is 0 Å². The summed E-state index contributed by atoms with van der Waals surface area (Å²) in [7, 11) is 0.895. The molecule has 1 N–H and O–H groups in total. The summed E-state index contributed by atoms with van der Waals surface area (Å²) in [5.74, 6) is -0.169. The molecule has 182 valence electrons. The van der Waals surface area contributed by atoms with E-state index >= 15 is 0 Å². The molecule has 0 aromatic heterocycles. The number of amides is 4. The predicted molar refractivity (Wildman–Crippen MR) is 122 cm³/mol. The van der Waals surface area contributed by atoms with Gasteiger partial charge < -0.3 is 10.1 Å². The van der Waals surface area contributed by atoms with Gasteiger partial charge in [-0.1, -0.05) is 6.07 Å². The van der Waals surface area contributed by atoms with Gasteiger partial charge in [0, 0.05) is 33.7 Å². The van der Waals surface area contributed by atoms with Crippen molar-refractivity contribution in [1.82, 2.24) is 19.4 Å². The van der Waals surface area contributed by atoms with E-state index in [1.54, 1.807) is 7.11 Å². The fourth-order valence-corrected chi connectivity index (χ4v) is 5.54. The molecule has 4 rings (SSSR count). The first-order valence-electron chi connectivity index (χ1n) is 10.7. The van der Waals surface area contributed by atoms with Gasteiger partial charge in [-0.25, -0.2) is 17.8 Å². The topological polar surface area (TPSA) is 132 Å². The fourth-order valence-electron chi connectivity index (χ4n) is 4.21. The van der Waals surface area contributed by atoms with Gasteiger partial charge in [0.1, 0.15) is 5.75 Å². The number of likely N-dealkylation sites (N-methyl/N-ethyl adjacent to an activating group) is 2. The van der Waals surface area contributed by atoms with Gasteiger partial charge in [0.25, 0.3) is 30.0 Å². The lowest BCUT2D eigenvalue weighted by Gasteiger charge is -2.30. The molecule has 1 aromatic rings. The van der Waals surface area contributed by atoms with Crippen molar-refractivity contribution in [2.24, 2.45) is 4.99 Å². The number of carbonyl (C=O) groups is 3. The molecule has 1 saturated heterocycles. The zero-order chi connectivity index (χ0) is 24.6. The van der Waals surface area contributed by atoms with Gasteiger partial charge in [-0.3, -0.25) is 19.4 Å². The lowest BCUT2D eigenvalue weighted by molar-refractivity contribution is -0.519. The Kier molecular flexibility index (Phi) is 6.41. The van der Waals surface area contributed by atoms with Crippen LogP contribution in [-0.4, -0.2) is 110 Å². The maximum atomic E-state index is 12.8. The van der Waals surface area contributed by atoms with Gasteiger partial charge in [-0.2, -0.15) is 4.31 Å². The summed E-state index contributed by atoms with van der Waals surface area (Å²) in [6.07, 6.45) is 1.93. The van der Waals surface area contributed by atoms with E-state index in [0.717, 1.165) is 21.8 Å². The smallest absolute Gasteiger partial charge is 0.333 e. The zero-order valence-corrected chi connectivity index (χ0v) is 20.0. The number of rotatable bonds is 7. The molecule has 1 aromatic carbocycles. The van der Waals surface area contributed by atoms with Crippen LogP contribution < -0.4 is 10.1 Å². The van der Waals surface area contributed by atoms with Crippen LogP contribution >= 0.6 is 0 Å². The third kappa shape index (κ3) is 4.40. The second-order valence-corrected chi connectivity index (χ2v) is 10.4. The van der Waals surface area contributed by atoms with Crippen molar-refractivity contribution >= 4 is 40.0 Å². The number of nitrogens with one attached hydrogen (secondary N) is 1. The number of imide groups is 1. The Bertz CT molecular complexity index is 1210. The maximum absolute atomic E-state index is 12.8. The Balaban J connectivity index is 1.29. The van der Waals surface area contributed by atoms with Crippen molar-refractivity contribution in [3.05, 3.63) is 29.3 Å². The monoisotopic (exact) mass is 491 g/mol. The van der Waals surface area contributed by atoms with Crippen LogP contribution in [0.1, 0.15) is 11.1 Å². The number of carbonyl (C=O) groups excluding carboxylic acids is 3. The summed E-state index contributed by atoms with van der Waals surface area (Å²) in [4.78, 5) is 43.3. The highest BCUT2D eigenvalue weighted by molar-refractivity contribution is 7.89. The largest absolute Gasteiger partial charge is 0.497 e. The average molecular weight is 492 g/mol. The van der Waals surface area contributed by atoms with Gasteiger partial charge in [0.15, 0.2) is 6.54 Å². The van der Waals surface area contributed by atoms with E-state index in [4.69, 9.17) is 4.74 Å². The van der Waals surface area contributed by atoms with E-state index < -0.39 is 33.9 Å². The van der Waals surface area contributed by atoms with Crippen molar-refractivity contribution in [2.45, 2.75) is 19.0 Å². The van der Waals surface area contributed by atoms with E-state index in [1.165, 1.54) is 34.2 Å². The molecule has 3 aliphatic heterocycles. The van der Waals surface area contributed by atoms with E-state index in [0.29, 0.717) is 13.0 Å². The number of sulfonamides is 1. The van der Waals surface area contributed by atoms with E-state index in [9.17, 15) is 22.8 Å². The third-order valence-corrected chi connectivity index (χ3v) is 8.01. The van der Waals surface area contributed by atoms with Crippen LogP contribution in [-0.2, 0) is 32.6 Å². The summed E-state index contributed by atoms with van der Waals surface area (Å²) in [5, 5.41) is 2.60. The van der Waals surface area contributed by atoms with Crippen LogP contribution in [0.2, 0.25) is 0 Å². The molecule has 4 amide bonds. The van der Waals surface area contributed by atoms with Crippen molar-refractivity contribution < 1.29 is 32.1 Å². The lowest BCUT2D eigenvalue weighted by Crippen LogP contribution is -2.62. The lowest BCUT2D eigenvalue weighted by atomic mass is 10.0. The molecule has 1 fully saturated rings. The molecular weight excluding hydrogens is 464 g/mol. The standard InChI is InChI=1S/C21H26N6O6S/c1-24-19-18(20(29)25(2)21(24)30)26(13-23-19)12-17(28)22-7-9-34(31,32)27-8-6-14-10-16(33-3)5-4-15(14)11-27/h4-5,10,13,18H,6-9,11-12H2,1-3H3/p+1. The number of aliphatic imine (C=N–C) groups is 1. The number of methoxy groups -OCH3 is 1. The Morgan fingerprint density at radius 3 is 2.74 bits per heavy atom. The molecule has 3 heterocycles. The minimum Gasteiger partial charge on any atom is -0.497 e. The van der Waals surface area contributed by atoms with E-state index in [-0.39, 0.29) is 31.2 Å². The summed E-state index contributed by atoms with van der Waals surface area (Å²) < 4.78 is 33.7. The summed E-state index contributed by atoms with van der Waals surface area (Å²) in [6, 6.07) is 4.24. The molecule has 0 aliphatic carbocycles. The van der Waals surface area contributed by atoms with Gasteiger partial charge in [-0.05, 0) is 34.7 Å². The Labute approximate surface area is 197 Å². The van der Waals surface area contributed by atoms with Crippen molar-refractivity contribution in [2.75, 3.05) is 46.6 Å². The first-order chi connectivity index (χ1) is 16.1. The Morgan fingerprint density at radius 2 is 2.00 bits per heavy atom. The Hall–Kier alpha value is -3.32. The summed E-state index contributed by atoms with van der Waals surface area (Å²) >= 11 is 0. The molecule has 0 radical (unpaired) electrons. The van der Waals surface area contributed by atoms with Crippen LogP contribution in [0, 0.1) is 0 Å². The van der Waals surface area contributed by atoms with Crippen LogP contribution in [0.3, 0.4) is 0 Å². The fraction of sp³-hybridized carbons (Fsp3) is 0.476. The second kappa shape index (κ2) is 9.14. The minimum atomic E-state index is -3.57. The molecule has 0 bridgehead atoms. The van der Waals surface area contributed by atoms with Crippen LogP contribution in [0.4, 0.5) is 4.79 Å². The first-order valence-corrected chi connectivity index (χ1v) is 12.4. The molecule has 12 nitrogen and oxygen atoms in total. The zero-order valence-electron chi connectivity index (χ0n) is 19.2. The number of amidine groups is 1. The molecule has 1 atom stereocenters. The van der Waals surface area contributed by atoms with Gasteiger partial charge in [0.2, 0.25) is 10.0 Å². The molecule has 34 heavy (non-hydrogen) atoms. The first kappa shape index (κ1) is 23.8. The molecule has 0 saturated carbocycles. The molecule has 1 unspecified atom stereocenters. The number of hydrogen-bond donors (Lipinski definition) is 1. The van der Waals surface area contributed by atoms with E-state index in [2.05, 4.69) is 10.3 Å². The minimum absolute atomic E-state index is 0.0639. The average Bonchev–Trinajstić information content (AvgIpc) is 3.24. The number of fused-ring (bicyclic) bond motifs is 2. The van der Waals surface area contributed by atoms with Gasteiger partial charge in [-0.15, -0.1) is 0 Å². The number of ether oxygens (including phenoxy) is 1. The van der Waals surface area contributed by atoms with Crippen molar-refractivity contribution in [1.29, 1.82) is 0 Å². The number of benzene rings is 1. The summed E-state index contributed by atoms with van der Waals surface area (Å²) in [6.45, 7) is 0.384. The molecule has 3 aliphatic rings. The SMILES string of the molecule is COc1ccc2c(c1)CCN(S(=O)(=O)CCNC(=O)C[N+]1=CN=C3C1C(=O)N(C)C(=O)N3C)C2. The van der Waals surface area contributed by atoms with Crippen molar-refractivity contribution in [3.63, 3.8) is 0 Å². The number of nitrogens with zero attached hydrogens (tertiary/aromatic N) is 5. The van der Waals surface area contributed by atoms with Crippen LogP contribution in [0.15, 0.2) is 23.2 Å². The highest BCUT2D eigenvalue weighted by Crippen LogP contribution is 2.25. The maximum Gasteiger partial charge on any atom is 0.333 e. The highest BCUT2D eigenvalue weighted by atomic mass is 32.2.